The van der Waals surface area contributed by atoms with Crippen molar-refractivity contribution in [1.82, 2.24) is 0 Å². The molecule has 0 amide bonds. The van der Waals surface area contributed by atoms with Gasteiger partial charge >= 0.3 is 6.16 Å². The van der Waals surface area contributed by atoms with Crippen LogP contribution in [0.25, 0.3) is 0 Å². The molecule has 1 unspecified atom stereocenters. The second kappa shape index (κ2) is 4.61. The highest BCUT2D eigenvalue weighted by molar-refractivity contribution is 5.57. The second-order valence-corrected chi connectivity index (χ2v) is 1.68. The third kappa shape index (κ3) is 3.72. The standard InChI is InChI=1S/C7H10O3/c1-3-5-6(4-2)10-7(8)9/h3-4,6H,1-2,5H2,(H,8,9). The van der Waals surface area contributed by atoms with Crippen molar-refractivity contribution < 1.29 is 14.6 Å². The summed E-state index contributed by atoms with van der Waals surface area (Å²) in [7, 11) is 0. The molecule has 0 fully saturated rings. The highest BCUT2D eigenvalue weighted by Crippen LogP contribution is 1.99. The van der Waals surface area contributed by atoms with Gasteiger partial charge in [0.2, 0.25) is 0 Å². The van der Waals surface area contributed by atoms with Gasteiger partial charge in [-0.1, -0.05) is 18.7 Å². The minimum Gasteiger partial charge on any atom is -0.450 e. The Labute approximate surface area is 59.6 Å². The zero-order valence-electron chi connectivity index (χ0n) is 5.62. The summed E-state index contributed by atoms with van der Waals surface area (Å²) < 4.78 is 4.37. The molecule has 0 saturated heterocycles. The molecule has 0 bridgehead atoms. The largest absolute Gasteiger partial charge is 0.506 e. The van der Waals surface area contributed by atoms with Crippen molar-refractivity contribution in [3.8, 4) is 0 Å². The second-order valence-electron chi connectivity index (χ2n) is 1.68. The normalized spacial score (nSPS) is 11.6. The van der Waals surface area contributed by atoms with E-state index in [1.807, 2.05) is 0 Å². The van der Waals surface area contributed by atoms with Crippen LogP contribution in [-0.2, 0) is 4.74 Å². The smallest absolute Gasteiger partial charge is 0.450 e. The maximum atomic E-state index is 9.94. The Morgan fingerprint density at radius 1 is 1.70 bits per heavy atom. The van der Waals surface area contributed by atoms with E-state index in [9.17, 15) is 4.79 Å². The minimum absolute atomic E-state index is 0.463. The van der Waals surface area contributed by atoms with Gasteiger partial charge in [0.1, 0.15) is 6.10 Å². The van der Waals surface area contributed by atoms with E-state index in [0.717, 1.165) is 0 Å². The molecule has 3 nitrogen and oxygen atoms in total. The number of hydrogen-bond acceptors (Lipinski definition) is 2. The van der Waals surface area contributed by atoms with Gasteiger partial charge in [-0.2, -0.15) is 0 Å². The van der Waals surface area contributed by atoms with Crippen LogP contribution in [0.4, 0.5) is 4.79 Å². The first-order valence-electron chi connectivity index (χ1n) is 2.83. The van der Waals surface area contributed by atoms with Crippen LogP contribution in [0.1, 0.15) is 6.42 Å². The first-order chi connectivity index (χ1) is 4.70. The van der Waals surface area contributed by atoms with Crippen LogP contribution >= 0.6 is 0 Å². The molecule has 0 spiro atoms. The maximum absolute atomic E-state index is 9.94. The van der Waals surface area contributed by atoms with Gasteiger partial charge in [0.15, 0.2) is 0 Å². The molecule has 1 N–H and O–H groups in total. The Hall–Kier alpha value is -1.25. The highest BCUT2D eigenvalue weighted by atomic mass is 16.7. The van der Waals surface area contributed by atoms with E-state index in [-0.39, 0.29) is 0 Å². The lowest BCUT2D eigenvalue weighted by molar-refractivity contribution is 0.0703. The zero-order valence-corrected chi connectivity index (χ0v) is 5.62. The molecule has 0 rings (SSSR count). The molecule has 1 atom stereocenters. The van der Waals surface area contributed by atoms with Gasteiger partial charge in [-0.05, 0) is 0 Å². The Kier molecular flexibility index (Phi) is 4.04. The molecule has 0 aromatic rings. The molecule has 0 saturated carbocycles. The molecule has 0 aliphatic carbocycles. The number of carboxylic acid groups (broad SMARTS) is 1. The van der Waals surface area contributed by atoms with Crippen molar-refractivity contribution in [3.63, 3.8) is 0 Å². The van der Waals surface area contributed by atoms with Gasteiger partial charge in [0.05, 0.1) is 0 Å². The molecule has 0 aromatic heterocycles. The molecule has 0 aromatic carbocycles. The summed E-state index contributed by atoms with van der Waals surface area (Å²) in [4.78, 5) is 9.94. The lowest BCUT2D eigenvalue weighted by Crippen LogP contribution is -2.12. The van der Waals surface area contributed by atoms with E-state index in [0.29, 0.717) is 6.42 Å². The fraction of sp³-hybridized carbons (Fsp3) is 0.286. The third-order valence-corrected chi connectivity index (χ3v) is 0.914. The maximum Gasteiger partial charge on any atom is 0.506 e. The first-order valence-corrected chi connectivity index (χ1v) is 2.83. The minimum atomic E-state index is -1.29. The van der Waals surface area contributed by atoms with Gasteiger partial charge in [-0.15, -0.1) is 6.58 Å². The van der Waals surface area contributed by atoms with Crippen molar-refractivity contribution in [2.45, 2.75) is 12.5 Å². The van der Waals surface area contributed by atoms with Gasteiger partial charge in [-0.3, -0.25) is 0 Å². The van der Waals surface area contributed by atoms with E-state index in [2.05, 4.69) is 17.9 Å². The Morgan fingerprint density at radius 3 is 2.60 bits per heavy atom. The van der Waals surface area contributed by atoms with E-state index >= 15 is 0 Å². The first kappa shape index (κ1) is 8.75. The monoisotopic (exact) mass is 142 g/mol. The zero-order chi connectivity index (χ0) is 7.98. The van der Waals surface area contributed by atoms with Crippen LogP contribution in [0, 0.1) is 0 Å². The quantitative estimate of drug-likeness (QED) is 0.481. The molecule has 56 valence electrons. The molecule has 0 radical (unpaired) electrons. The number of rotatable bonds is 4. The Bertz CT molecular complexity index is 140. The highest BCUT2D eigenvalue weighted by Gasteiger charge is 2.05. The van der Waals surface area contributed by atoms with Crippen LogP contribution in [-0.4, -0.2) is 17.4 Å². The summed E-state index contributed by atoms with van der Waals surface area (Å²) in [6.45, 7) is 6.83. The van der Waals surface area contributed by atoms with Crippen molar-refractivity contribution in [2.24, 2.45) is 0 Å². The molecule has 0 aliphatic heterocycles. The summed E-state index contributed by atoms with van der Waals surface area (Å²) in [6.07, 6.45) is 1.72. The summed E-state index contributed by atoms with van der Waals surface area (Å²) >= 11 is 0. The van der Waals surface area contributed by atoms with Crippen molar-refractivity contribution in [2.75, 3.05) is 0 Å². The molecular weight excluding hydrogens is 132 g/mol. The Balaban J connectivity index is 3.70. The van der Waals surface area contributed by atoms with Crippen LogP contribution < -0.4 is 0 Å². The van der Waals surface area contributed by atoms with E-state index in [4.69, 9.17) is 5.11 Å². The number of hydrogen-bond donors (Lipinski definition) is 1. The van der Waals surface area contributed by atoms with Gasteiger partial charge in [-0.25, -0.2) is 4.79 Å². The fourth-order valence-corrected chi connectivity index (χ4v) is 0.486. The van der Waals surface area contributed by atoms with Crippen molar-refractivity contribution in [1.29, 1.82) is 0 Å². The molecule has 10 heavy (non-hydrogen) atoms. The molecular formula is C7H10O3. The predicted molar refractivity (Wildman–Crippen MR) is 37.9 cm³/mol. The van der Waals surface area contributed by atoms with Gasteiger partial charge in [0.25, 0.3) is 0 Å². The van der Waals surface area contributed by atoms with E-state index < -0.39 is 12.3 Å². The molecule has 0 heterocycles. The van der Waals surface area contributed by atoms with Crippen LogP contribution in [0.5, 0.6) is 0 Å². The van der Waals surface area contributed by atoms with Crippen LogP contribution in [0.3, 0.4) is 0 Å². The topological polar surface area (TPSA) is 46.5 Å². The molecule has 3 heteroatoms. The lowest BCUT2D eigenvalue weighted by atomic mass is 10.2. The third-order valence-electron chi connectivity index (χ3n) is 0.914. The SMILES string of the molecule is C=CCC(C=C)OC(=O)O. The lowest BCUT2D eigenvalue weighted by Gasteiger charge is -2.07. The average Bonchev–Trinajstić information content (AvgIpc) is 1.86. The number of carbonyl (C=O) groups is 1. The summed E-state index contributed by atoms with van der Waals surface area (Å²) in [5, 5.41) is 8.14. The van der Waals surface area contributed by atoms with E-state index in [1.54, 1.807) is 6.08 Å². The Morgan fingerprint density at radius 2 is 2.30 bits per heavy atom. The summed E-state index contributed by atoms with van der Waals surface area (Å²) in [5.41, 5.74) is 0. The predicted octanol–water partition coefficient (Wildman–Crippen LogP) is 1.81. The van der Waals surface area contributed by atoms with Crippen molar-refractivity contribution in [3.05, 3.63) is 25.3 Å². The van der Waals surface area contributed by atoms with Crippen LogP contribution in [0.2, 0.25) is 0 Å². The van der Waals surface area contributed by atoms with Gasteiger partial charge in [0, 0.05) is 6.42 Å². The average molecular weight is 142 g/mol. The summed E-state index contributed by atoms with van der Waals surface area (Å²) in [5.74, 6) is 0. The number of ether oxygens (including phenoxy) is 1. The van der Waals surface area contributed by atoms with Gasteiger partial charge < -0.3 is 9.84 Å². The van der Waals surface area contributed by atoms with Crippen molar-refractivity contribution >= 4 is 6.16 Å². The molecule has 0 aliphatic rings. The fourth-order valence-electron chi connectivity index (χ4n) is 0.486. The van der Waals surface area contributed by atoms with E-state index in [1.165, 1.54) is 6.08 Å². The summed E-state index contributed by atoms with van der Waals surface area (Å²) in [6, 6.07) is 0. The van der Waals surface area contributed by atoms with Crippen LogP contribution in [0.15, 0.2) is 25.3 Å².